The van der Waals surface area contributed by atoms with Gasteiger partial charge in [-0.1, -0.05) is 30.3 Å². The van der Waals surface area contributed by atoms with Gasteiger partial charge in [-0.15, -0.1) is 0 Å². The molecule has 0 radical (unpaired) electrons. The van der Waals surface area contributed by atoms with Gasteiger partial charge in [-0.2, -0.15) is 0 Å². The van der Waals surface area contributed by atoms with Crippen molar-refractivity contribution in [1.82, 2.24) is 0 Å². The lowest BCUT2D eigenvalue weighted by atomic mass is 10.1. The minimum Gasteiger partial charge on any atom is -0.457 e. The van der Waals surface area contributed by atoms with E-state index in [4.69, 9.17) is 4.74 Å². The molecule has 0 aliphatic rings. The standard InChI is InChI=1S/C20H20N2O6/c1-13-5-3-4-6-16(13)21-19(24)9-10-20(25)28-12-18(23)15-8-7-14(2)17(11-15)22(26)27/h3-8,11H,9-10,12H2,1-2H3,(H,21,24). The van der Waals surface area contributed by atoms with Gasteiger partial charge < -0.3 is 10.1 Å². The fourth-order valence-corrected chi connectivity index (χ4v) is 2.42. The number of hydrogen-bond donors (Lipinski definition) is 1. The number of nitrogens with zero attached hydrogens (tertiary/aromatic N) is 1. The second-order valence-corrected chi connectivity index (χ2v) is 6.21. The highest BCUT2D eigenvalue weighted by Gasteiger charge is 2.17. The first-order chi connectivity index (χ1) is 13.3. The van der Waals surface area contributed by atoms with Crippen LogP contribution in [0.5, 0.6) is 0 Å². The number of para-hydroxylation sites is 1. The molecular weight excluding hydrogens is 364 g/mol. The predicted octanol–water partition coefficient (Wildman–Crippen LogP) is 3.36. The molecule has 8 nitrogen and oxygen atoms in total. The van der Waals surface area contributed by atoms with Gasteiger partial charge in [-0.3, -0.25) is 24.5 Å². The lowest BCUT2D eigenvalue weighted by Crippen LogP contribution is -2.17. The lowest BCUT2D eigenvalue weighted by molar-refractivity contribution is -0.385. The molecular formula is C20H20N2O6. The molecule has 0 bridgehead atoms. The molecule has 0 fully saturated rings. The molecule has 2 aromatic carbocycles. The molecule has 8 heteroatoms. The van der Waals surface area contributed by atoms with Crippen LogP contribution in [0.3, 0.4) is 0 Å². The summed E-state index contributed by atoms with van der Waals surface area (Å²) in [6.07, 6.45) is -0.267. The van der Waals surface area contributed by atoms with Gasteiger partial charge in [0.25, 0.3) is 5.69 Å². The molecule has 146 valence electrons. The Morgan fingerprint density at radius 3 is 2.43 bits per heavy atom. The quantitative estimate of drug-likeness (QED) is 0.323. The van der Waals surface area contributed by atoms with Crippen LogP contribution in [0.25, 0.3) is 0 Å². The van der Waals surface area contributed by atoms with E-state index in [1.807, 2.05) is 19.1 Å². The van der Waals surface area contributed by atoms with Gasteiger partial charge in [-0.25, -0.2) is 0 Å². The third-order valence-electron chi connectivity index (χ3n) is 4.07. The van der Waals surface area contributed by atoms with E-state index in [-0.39, 0.29) is 30.0 Å². The Hall–Kier alpha value is -3.55. The minimum atomic E-state index is -0.699. The minimum absolute atomic E-state index is 0.0856. The maximum Gasteiger partial charge on any atom is 0.306 e. The van der Waals surface area contributed by atoms with Crippen molar-refractivity contribution in [2.24, 2.45) is 0 Å². The van der Waals surface area contributed by atoms with E-state index < -0.39 is 23.3 Å². The van der Waals surface area contributed by atoms with Gasteiger partial charge in [0, 0.05) is 29.3 Å². The molecule has 1 N–H and O–H groups in total. The number of carbonyl (C=O) groups is 3. The fourth-order valence-electron chi connectivity index (χ4n) is 2.42. The number of benzene rings is 2. The van der Waals surface area contributed by atoms with E-state index in [0.29, 0.717) is 11.3 Å². The highest BCUT2D eigenvalue weighted by atomic mass is 16.6. The Labute approximate surface area is 161 Å². The number of carbonyl (C=O) groups excluding carboxylic acids is 3. The van der Waals surface area contributed by atoms with Crippen LogP contribution in [0.1, 0.15) is 34.3 Å². The van der Waals surface area contributed by atoms with Crippen LogP contribution in [0.2, 0.25) is 0 Å². The smallest absolute Gasteiger partial charge is 0.306 e. The van der Waals surface area contributed by atoms with Gasteiger partial charge in [-0.05, 0) is 25.5 Å². The van der Waals surface area contributed by atoms with Crippen molar-refractivity contribution in [3.63, 3.8) is 0 Å². The van der Waals surface area contributed by atoms with E-state index in [9.17, 15) is 24.5 Å². The van der Waals surface area contributed by atoms with E-state index in [2.05, 4.69) is 5.32 Å². The van der Waals surface area contributed by atoms with Crippen LogP contribution in [0.15, 0.2) is 42.5 Å². The molecule has 0 aliphatic carbocycles. The maximum atomic E-state index is 12.1. The average Bonchev–Trinajstić information content (AvgIpc) is 2.66. The summed E-state index contributed by atoms with van der Waals surface area (Å²) in [6, 6.07) is 11.3. The van der Waals surface area contributed by atoms with Crippen LogP contribution >= 0.6 is 0 Å². The SMILES string of the molecule is Cc1ccccc1NC(=O)CCC(=O)OCC(=O)c1ccc(C)c([N+](=O)[O-])c1. The van der Waals surface area contributed by atoms with Crippen LogP contribution < -0.4 is 5.32 Å². The summed E-state index contributed by atoms with van der Waals surface area (Å²) >= 11 is 0. The van der Waals surface area contributed by atoms with Gasteiger partial charge in [0.15, 0.2) is 6.61 Å². The third-order valence-corrected chi connectivity index (χ3v) is 4.07. The Morgan fingerprint density at radius 2 is 1.75 bits per heavy atom. The zero-order valence-electron chi connectivity index (χ0n) is 15.6. The number of ketones is 1. The molecule has 0 aliphatic heterocycles. The number of hydrogen-bond acceptors (Lipinski definition) is 6. The van der Waals surface area contributed by atoms with Gasteiger partial charge in [0.05, 0.1) is 11.3 Å². The number of aryl methyl sites for hydroxylation is 2. The second-order valence-electron chi connectivity index (χ2n) is 6.21. The Balaban J connectivity index is 1.81. The van der Waals surface area contributed by atoms with E-state index in [1.54, 1.807) is 19.1 Å². The van der Waals surface area contributed by atoms with Crippen molar-refractivity contribution in [3.8, 4) is 0 Å². The second kappa shape index (κ2) is 9.40. The van der Waals surface area contributed by atoms with Crippen LogP contribution in [0, 0.1) is 24.0 Å². The Morgan fingerprint density at radius 1 is 1.04 bits per heavy atom. The normalized spacial score (nSPS) is 10.2. The summed E-state index contributed by atoms with van der Waals surface area (Å²) in [5.41, 5.74) is 1.90. The van der Waals surface area contributed by atoms with Gasteiger partial charge >= 0.3 is 5.97 Å². The van der Waals surface area contributed by atoms with E-state index >= 15 is 0 Å². The molecule has 0 spiro atoms. The molecule has 28 heavy (non-hydrogen) atoms. The molecule has 2 rings (SSSR count). The molecule has 2 aromatic rings. The number of esters is 1. The van der Waals surface area contributed by atoms with Crippen molar-refractivity contribution in [2.45, 2.75) is 26.7 Å². The largest absolute Gasteiger partial charge is 0.457 e. The van der Waals surface area contributed by atoms with Gasteiger partial charge in [0.2, 0.25) is 11.7 Å². The first-order valence-electron chi connectivity index (χ1n) is 8.57. The van der Waals surface area contributed by atoms with E-state index in [1.165, 1.54) is 12.1 Å². The van der Waals surface area contributed by atoms with Crippen molar-refractivity contribution < 1.29 is 24.0 Å². The summed E-state index contributed by atoms with van der Waals surface area (Å²) in [5, 5.41) is 13.6. The average molecular weight is 384 g/mol. The molecule has 0 saturated heterocycles. The number of amides is 1. The molecule has 0 aromatic heterocycles. The molecule has 0 unspecified atom stereocenters. The first-order valence-corrected chi connectivity index (χ1v) is 8.57. The number of rotatable bonds is 8. The number of anilines is 1. The lowest BCUT2D eigenvalue weighted by Gasteiger charge is -2.08. The molecule has 0 saturated carbocycles. The van der Waals surface area contributed by atoms with Gasteiger partial charge in [0.1, 0.15) is 0 Å². The zero-order valence-corrected chi connectivity index (χ0v) is 15.6. The van der Waals surface area contributed by atoms with Crippen molar-refractivity contribution in [3.05, 3.63) is 69.3 Å². The number of nitro groups is 1. The number of Topliss-reactive ketones (excluding diaryl/α,β-unsaturated/α-hetero) is 1. The first kappa shape index (κ1) is 20.8. The zero-order chi connectivity index (χ0) is 20.7. The molecule has 1 amide bonds. The Bertz CT molecular complexity index is 923. The summed E-state index contributed by atoms with van der Waals surface area (Å²) in [5.74, 6) is -1.59. The van der Waals surface area contributed by atoms with Crippen molar-refractivity contribution >= 4 is 29.0 Å². The fraction of sp³-hybridized carbons (Fsp3) is 0.250. The molecule has 0 atom stereocenters. The number of nitrogens with one attached hydrogen (secondary N) is 1. The summed E-state index contributed by atoms with van der Waals surface area (Å²) < 4.78 is 4.87. The topological polar surface area (TPSA) is 116 Å². The Kier molecular flexibility index (Phi) is 6.97. The summed E-state index contributed by atoms with van der Waals surface area (Å²) in [6.45, 7) is 2.87. The van der Waals surface area contributed by atoms with Crippen molar-refractivity contribution in [2.75, 3.05) is 11.9 Å². The highest BCUT2D eigenvalue weighted by molar-refractivity contribution is 5.99. The van der Waals surface area contributed by atoms with Crippen LogP contribution in [0.4, 0.5) is 11.4 Å². The number of nitro benzene ring substituents is 1. The van der Waals surface area contributed by atoms with E-state index in [0.717, 1.165) is 11.6 Å². The van der Waals surface area contributed by atoms with Crippen LogP contribution in [-0.2, 0) is 14.3 Å². The molecule has 0 heterocycles. The predicted molar refractivity (Wildman–Crippen MR) is 102 cm³/mol. The van der Waals surface area contributed by atoms with Crippen molar-refractivity contribution in [1.29, 1.82) is 0 Å². The summed E-state index contributed by atoms with van der Waals surface area (Å²) in [7, 11) is 0. The third kappa shape index (κ3) is 5.73. The number of ether oxygens (including phenoxy) is 1. The van der Waals surface area contributed by atoms with Crippen LogP contribution in [-0.4, -0.2) is 29.2 Å². The monoisotopic (exact) mass is 384 g/mol. The highest BCUT2D eigenvalue weighted by Crippen LogP contribution is 2.19. The summed E-state index contributed by atoms with van der Waals surface area (Å²) in [4.78, 5) is 46.1. The maximum absolute atomic E-state index is 12.1.